The number of benzene rings is 2. The van der Waals surface area contributed by atoms with Crippen molar-refractivity contribution in [1.29, 1.82) is 0 Å². The summed E-state index contributed by atoms with van der Waals surface area (Å²) >= 11 is 1.15. The Morgan fingerprint density at radius 2 is 1.82 bits per heavy atom. The van der Waals surface area contributed by atoms with E-state index in [-0.39, 0.29) is 4.88 Å². The summed E-state index contributed by atoms with van der Waals surface area (Å²) in [5.74, 6) is 0.464. The highest BCUT2D eigenvalue weighted by atomic mass is 32.1. The van der Waals surface area contributed by atoms with E-state index in [1.807, 2.05) is 73.9 Å². The standard InChI is InChI=1S/C25H21N3O4S/c1-28-15-18(22(27-28)17-8-10-19-20(14-17)32-13-5-12-31-19)9-11-21-26-23(24(33-21)25(29)30)16-6-3-2-4-7-16/h2-4,6-11,14-15H,5,12-13H2,1H3,(H,29,30)/b11-9+. The van der Waals surface area contributed by atoms with Gasteiger partial charge in [0.25, 0.3) is 0 Å². The van der Waals surface area contributed by atoms with Crippen LogP contribution >= 0.6 is 11.3 Å². The Kier molecular flexibility index (Phi) is 5.66. The molecule has 0 bridgehead atoms. The van der Waals surface area contributed by atoms with Crippen LogP contribution in [0.5, 0.6) is 11.5 Å². The van der Waals surface area contributed by atoms with Crippen LogP contribution < -0.4 is 9.47 Å². The molecule has 0 fully saturated rings. The summed E-state index contributed by atoms with van der Waals surface area (Å²) in [7, 11) is 1.86. The minimum atomic E-state index is -0.986. The molecule has 7 nitrogen and oxygen atoms in total. The van der Waals surface area contributed by atoms with Gasteiger partial charge >= 0.3 is 5.97 Å². The first-order valence-electron chi connectivity index (χ1n) is 10.5. The Hall–Kier alpha value is -3.91. The fourth-order valence-electron chi connectivity index (χ4n) is 3.67. The molecule has 0 amide bonds. The monoisotopic (exact) mass is 459 g/mol. The van der Waals surface area contributed by atoms with Gasteiger partial charge in [0.15, 0.2) is 11.5 Å². The number of nitrogens with zero attached hydrogens (tertiary/aromatic N) is 3. The summed E-state index contributed by atoms with van der Waals surface area (Å²) < 4.78 is 13.3. The zero-order valence-electron chi connectivity index (χ0n) is 17.9. The van der Waals surface area contributed by atoms with E-state index in [9.17, 15) is 9.90 Å². The smallest absolute Gasteiger partial charge is 0.348 e. The fourth-order valence-corrected chi connectivity index (χ4v) is 4.50. The molecule has 0 saturated heterocycles. The van der Waals surface area contributed by atoms with Gasteiger partial charge < -0.3 is 14.6 Å². The van der Waals surface area contributed by atoms with Crippen LogP contribution in [-0.4, -0.2) is 39.1 Å². The zero-order chi connectivity index (χ0) is 22.8. The molecular formula is C25H21N3O4S. The van der Waals surface area contributed by atoms with Gasteiger partial charge in [-0.2, -0.15) is 5.10 Å². The number of hydrogen-bond acceptors (Lipinski definition) is 6. The van der Waals surface area contributed by atoms with E-state index >= 15 is 0 Å². The number of aryl methyl sites for hydroxylation is 1. The Morgan fingerprint density at radius 3 is 2.61 bits per heavy atom. The fraction of sp³-hybridized carbons (Fsp3) is 0.160. The van der Waals surface area contributed by atoms with Crippen LogP contribution in [0.1, 0.15) is 26.7 Å². The highest BCUT2D eigenvalue weighted by molar-refractivity contribution is 7.15. The van der Waals surface area contributed by atoms with Crippen LogP contribution in [0.15, 0.2) is 54.7 Å². The van der Waals surface area contributed by atoms with Gasteiger partial charge in [-0.3, -0.25) is 4.68 Å². The first-order valence-corrected chi connectivity index (χ1v) is 11.3. The van der Waals surface area contributed by atoms with Gasteiger partial charge in [-0.25, -0.2) is 9.78 Å². The molecule has 33 heavy (non-hydrogen) atoms. The van der Waals surface area contributed by atoms with Gasteiger partial charge in [0, 0.05) is 36.4 Å². The van der Waals surface area contributed by atoms with Gasteiger partial charge in [-0.15, -0.1) is 11.3 Å². The third-order valence-electron chi connectivity index (χ3n) is 5.17. The summed E-state index contributed by atoms with van der Waals surface area (Å²) in [5.41, 5.74) is 3.85. The number of carboxylic acids is 1. The van der Waals surface area contributed by atoms with Crippen molar-refractivity contribution < 1.29 is 19.4 Å². The Morgan fingerprint density at radius 1 is 1.03 bits per heavy atom. The van der Waals surface area contributed by atoms with Gasteiger partial charge in [0.05, 0.1) is 24.6 Å². The topological polar surface area (TPSA) is 86.5 Å². The lowest BCUT2D eigenvalue weighted by Crippen LogP contribution is -1.97. The van der Waals surface area contributed by atoms with Crippen LogP contribution in [0.2, 0.25) is 0 Å². The van der Waals surface area contributed by atoms with Crippen LogP contribution in [-0.2, 0) is 7.05 Å². The maximum Gasteiger partial charge on any atom is 0.348 e. The van der Waals surface area contributed by atoms with E-state index < -0.39 is 5.97 Å². The lowest BCUT2D eigenvalue weighted by Gasteiger charge is -2.08. The minimum Gasteiger partial charge on any atom is -0.490 e. The number of rotatable bonds is 5. The lowest BCUT2D eigenvalue weighted by molar-refractivity contribution is 0.0702. The van der Waals surface area contributed by atoms with Crippen molar-refractivity contribution in [1.82, 2.24) is 14.8 Å². The number of aromatic nitrogens is 3. The van der Waals surface area contributed by atoms with Crippen molar-refractivity contribution in [3.63, 3.8) is 0 Å². The first kappa shape index (κ1) is 21.0. The molecule has 0 aliphatic carbocycles. The van der Waals surface area contributed by atoms with Crippen molar-refractivity contribution in [2.75, 3.05) is 13.2 Å². The molecule has 3 heterocycles. The van der Waals surface area contributed by atoms with E-state index in [1.54, 1.807) is 4.68 Å². The maximum absolute atomic E-state index is 11.8. The predicted molar refractivity (Wildman–Crippen MR) is 128 cm³/mol. The summed E-state index contributed by atoms with van der Waals surface area (Å²) in [6, 6.07) is 15.2. The quantitative estimate of drug-likeness (QED) is 0.439. The predicted octanol–water partition coefficient (Wildman–Crippen LogP) is 5.24. The number of fused-ring (bicyclic) bond motifs is 1. The molecule has 0 atom stereocenters. The number of carboxylic acid groups (broad SMARTS) is 1. The molecule has 0 saturated carbocycles. The number of thiazole rings is 1. The third-order valence-corrected chi connectivity index (χ3v) is 6.18. The van der Waals surface area contributed by atoms with Crippen LogP contribution in [0.3, 0.4) is 0 Å². The second-order valence-electron chi connectivity index (χ2n) is 7.55. The second-order valence-corrected chi connectivity index (χ2v) is 8.58. The van der Waals surface area contributed by atoms with E-state index in [4.69, 9.17) is 9.47 Å². The SMILES string of the molecule is Cn1cc(/C=C/c2nc(-c3ccccc3)c(C(=O)O)s2)c(-c2ccc3c(c2)OCCCO3)n1. The van der Waals surface area contributed by atoms with E-state index in [0.717, 1.165) is 45.9 Å². The van der Waals surface area contributed by atoms with Gasteiger partial charge in [0.1, 0.15) is 9.88 Å². The molecule has 4 aromatic rings. The average Bonchev–Trinajstić information content (AvgIpc) is 3.34. The van der Waals surface area contributed by atoms with Crippen LogP contribution in [0, 0.1) is 0 Å². The molecular weight excluding hydrogens is 438 g/mol. The van der Waals surface area contributed by atoms with E-state index in [0.29, 0.717) is 29.7 Å². The number of ether oxygens (including phenoxy) is 2. The van der Waals surface area contributed by atoms with Crippen LogP contribution in [0.25, 0.3) is 34.7 Å². The zero-order valence-corrected chi connectivity index (χ0v) is 18.7. The highest BCUT2D eigenvalue weighted by Crippen LogP contribution is 2.35. The van der Waals surface area contributed by atoms with Crippen molar-refractivity contribution in [3.05, 3.63) is 70.2 Å². The molecule has 5 rings (SSSR count). The van der Waals surface area contributed by atoms with Gasteiger partial charge in [-0.1, -0.05) is 30.3 Å². The van der Waals surface area contributed by atoms with Crippen molar-refractivity contribution in [2.24, 2.45) is 7.05 Å². The highest BCUT2D eigenvalue weighted by Gasteiger charge is 2.18. The summed E-state index contributed by atoms with van der Waals surface area (Å²) in [6.07, 6.45) is 6.50. The molecule has 2 aromatic heterocycles. The number of hydrogen-bond donors (Lipinski definition) is 1. The molecule has 0 spiro atoms. The largest absolute Gasteiger partial charge is 0.490 e. The molecule has 0 unspecified atom stereocenters. The average molecular weight is 460 g/mol. The molecule has 1 N–H and O–H groups in total. The molecule has 0 radical (unpaired) electrons. The summed E-state index contributed by atoms with van der Waals surface area (Å²) in [5, 5.41) is 14.9. The van der Waals surface area contributed by atoms with Crippen molar-refractivity contribution >= 4 is 29.5 Å². The Bertz CT molecular complexity index is 1340. The van der Waals surface area contributed by atoms with E-state index in [2.05, 4.69) is 10.1 Å². The molecule has 166 valence electrons. The summed E-state index contributed by atoms with van der Waals surface area (Å²) in [4.78, 5) is 16.6. The third kappa shape index (κ3) is 4.38. The maximum atomic E-state index is 11.8. The van der Waals surface area contributed by atoms with Crippen molar-refractivity contribution in [3.8, 4) is 34.0 Å². The van der Waals surface area contributed by atoms with Gasteiger partial charge in [0.2, 0.25) is 0 Å². The number of carbonyl (C=O) groups is 1. The lowest BCUT2D eigenvalue weighted by atomic mass is 10.1. The molecule has 1 aliphatic heterocycles. The minimum absolute atomic E-state index is 0.218. The van der Waals surface area contributed by atoms with Crippen LogP contribution in [0.4, 0.5) is 0 Å². The molecule has 1 aliphatic rings. The first-order chi connectivity index (χ1) is 16.1. The second kappa shape index (κ2) is 8.91. The Labute approximate surface area is 194 Å². The van der Waals surface area contributed by atoms with Gasteiger partial charge in [-0.05, 0) is 30.4 Å². The molecule has 2 aromatic carbocycles. The normalized spacial score (nSPS) is 13.2. The van der Waals surface area contributed by atoms with Crippen molar-refractivity contribution in [2.45, 2.75) is 6.42 Å². The van der Waals surface area contributed by atoms with E-state index in [1.165, 1.54) is 0 Å². The Balaban J connectivity index is 1.49. The summed E-state index contributed by atoms with van der Waals surface area (Å²) in [6.45, 7) is 1.26. The number of aromatic carboxylic acids is 1. The molecule has 8 heteroatoms.